The maximum absolute atomic E-state index is 12.4. The number of methoxy groups -OCH3 is 1. The van der Waals surface area contributed by atoms with Gasteiger partial charge in [0.05, 0.1) is 25.4 Å². The Morgan fingerprint density at radius 2 is 2.11 bits per heavy atom. The molecule has 5 aliphatic heterocycles. The van der Waals surface area contributed by atoms with Crippen molar-refractivity contribution in [2.75, 3.05) is 20.3 Å². The first-order chi connectivity index (χ1) is 17.4. The molecule has 0 amide bonds. The highest BCUT2D eigenvalue weighted by Gasteiger charge is 2.59. The Labute approximate surface area is 212 Å². The maximum Gasteiger partial charge on any atom is 0.345 e. The first-order valence-corrected chi connectivity index (χ1v) is 13.4. The summed E-state index contributed by atoms with van der Waals surface area (Å²) in [5.74, 6) is 2.38. The third kappa shape index (κ3) is 3.46. The number of rotatable bonds is 4. The van der Waals surface area contributed by atoms with Gasteiger partial charge in [-0.15, -0.1) is 0 Å². The van der Waals surface area contributed by atoms with E-state index in [1.807, 2.05) is 0 Å². The molecule has 36 heavy (non-hydrogen) atoms. The summed E-state index contributed by atoms with van der Waals surface area (Å²) >= 11 is 0. The predicted octanol–water partition coefficient (Wildman–Crippen LogP) is 3.57. The van der Waals surface area contributed by atoms with E-state index in [1.165, 1.54) is 7.11 Å². The second-order valence-corrected chi connectivity index (χ2v) is 11.5. The number of aliphatic hydroxyl groups is 2. The van der Waals surface area contributed by atoms with E-state index >= 15 is 0 Å². The van der Waals surface area contributed by atoms with Crippen LogP contribution in [0.2, 0.25) is 0 Å². The molecule has 2 bridgehead atoms. The van der Waals surface area contributed by atoms with Crippen molar-refractivity contribution in [3.63, 3.8) is 0 Å². The third-order valence-electron chi connectivity index (χ3n) is 9.35. The van der Waals surface area contributed by atoms with Gasteiger partial charge < -0.3 is 24.4 Å². The molecular weight excluding hydrogens is 458 g/mol. The summed E-state index contributed by atoms with van der Waals surface area (Å²) in [6.07, 6.45) is 16.1. The van der Waals surface area contributed by atoms with Gasteiger partial charge in [-0.25, -0.2) is 4.79 Å². The fourth-order valence-corrected chi connectivity index (χ4v) is 7.74. The number of hydrogen-bond donors (Lipinski definition) is 2. The third-order valence-corrected chi connectivity index (χ3v) is 9.35. The van der Waals surface area contributed by atoms with E-state index in [1.54, 1.807) is 0 Å². The fourth-order valence-electron chi connectivity index (χ4n) is 7.74. The Bertz CT molecular complexity index is 1100. The maximum atomic E-state index is 12.4. The molecule has 2 aliphatic carbocycles. The lowest BCUT2D eigenvalue weighted by molar-refractivity contribution is -0.133. The average molecular weight is 496 g/mol. The zero-order valence-electron chi connectivity index (χ0n) is 21.4. The Morgan fingerprint density at radius 3 is 2.86 bits per heavy atom. The number of piperidine rings is 1. The van der Waals surface area contributed by atoms with Crippen LogP contribution in [-0.4, -0.2) is 59.0 Å². The topological polar surface area (TPSA) is 88.5 Å². The van der Waals surface area contributed by atoms with Crippen LogP contribution in [0.4, 0.5) is 0 Å². The number of hydrogen-bond acceptors (Lipinski definition) is 7. The number of nitrogens with zero attached hydrogens (tertiary/aromatic N) is 1. The Morgan fingerprint density at radius 1 is 1.28 bits per heavy atom. The standard InChI is InChI=1S/C29H37NO6/c1-16-6-4-7-19(12-16)24(32)21-8-5-10-29-11-9-18(14-30(21)29)13-22-23(29)17(2)25(35-22)27-26(34-3)20(15-31)28(33)36-27/h4,7,9,11,13,16-19,21,23-24,31-32H,5-6,8,10,12,14-15H2,1-3H3. The first-order valence-electron chi connectivity index (χ1n) is 13.4. The van der Waals surface area contributed by atoms with Crippen molar-refractivity contribution in [3.8, 4) is 0 Å². The summed E-state index contributed by atoms with van der Waals surface area (Å²) in [7, 11) is 1.48. The minimum absolute atomic E-state index is 0.0366. The molecule has 8 atom stereocenters. The van der Waals surface area contributed by atoms with Gasteiger partial charge in [0.15, 0.2) is 11.5 Å². The molecule has 8 unspecified atom stereocenters. The van der Waals surface area contributed by atoms with Gasteiger partial charge in [-0.05, 0) is 44.1 Å². The highest BCUT2D eigenvalue weighted by Crippen LogP contribution is 2.57. The average Bonchev–Trinajstić information content (AvgIpc) is 3.27. The molecule has 194 valence electrons. The number of cyclic esters (lactones) is 1. The van der Waals surface area contributed by atoms with Crippen LogP contribution in [0.5, 0.6) is 0 Å². The summed E-state index contributed by atoms with van der Waals surface area (Å²) in [6, 6.07) is 0.0857. The van der Waals surface area contributed by atoms with Gasteiger partial charge >= 0.3 is 5.97 Å². The molecule has 7 heteroatoms. The van der Waals surface area contributed by atoms with Crippen LogP contribution >= 0.6 is 0 Å². The highest BCUT2D eigenvalue weighted by atomic mass is 16.6. The number of carbonyl (C=O) groups excluding carboxylic acids is 1. The normalized spacial score (nSPS) is 42.5. The number of aliphatic hydroxyl groups excluding tert-OH is 2. The molecule has 1 spiro atoms. The van der Waals surface area contributed by atoms with E-state index in [0.717, 1.165) is 44.4 Å². The summed E-state index contributed by atoms with van der Waals surface area (Å²) < 4.78 is 17.5. The Balaban J connectivity index is 1.38. The second-order valence-electron chi connectivity index (χ2n) is 11.5. The second kappa shape index (κ2) is 8.89. The minimum atomic E-state index is -0.592. The lowest BCUT2D eigenvalue weighted by Gasteiger charge is -2.56. The number of allylic oxidation sites excluding steroid dienone is 2. The summed E-state index contributed by atoms with van der Waals surface area (Å²) in [4.78, 5) is 15.0. The molecule has 0 aromatic rings. The summed E-state index contributed by atoms with van der Waals surface area (Å²) in [6.45, 7) is 4.82. The minimum Gasteiger partial charge on any atom is -0.492 e. The summed E-state index contributed by atoms with van der Waals surface area (Å²) in [5.41, 5.74) is -0.151. The molecule has 7 rings (SSSR count). The zero-order valence-corrected chi connectivity index (χ0v) is 21.4. The molecule has 0 aromatic heterocycles. The lowest BCUT2D eigenvalue weighted by atomic mass is 9.67. The van der Waals surface area contributed by atoms with Crippen molar-refractivity contribution < 1.29 is 29.2 Å². The quantitative estimate of drug-likeness (QED) is 0.455. The molecule has 0 saturated carbocycles. The lowest BCUT2D eigenvalue weighted by Crippen LogP contribution is -2.65. The first kappa shape index (κ1) is 24.0. The van der Waals surface area contributed by atoms with E-state index in [0.29, 0.717) is 11.7 Å². The van der Waals surface area contributed by atoms with Gasteiger partial charge in [-0.3, -0.25) is 4.90 Å². The molecule has 0 aromatic carbocycles. The molecule has 0 radical (unpaired) electrons. The number of ether oxygens (including phenoxy) is 3. The Kier molecular flexibility index (Phi) is 5.93. The van der Waals surface area contributed by atoms with Gasteiger partial charge in [0, 0.05) is 36.3 Å². The van der Waals surface area contributed by atoms with Crippen LogP contribution in [-0.2, 0) is 19.0 Å². The van der Waals surface area contributed by atoms with Crippen LogP contribution in [0.25, 0.3) is 0 Å². The van der Waals surface area contributed by atoms with Gasteiger partial charge in [0.2, 0.25) is 5.76 Å². The van der Waals surface area contributed by atoms with Crippen LogP contribution in [0.1, 0.15) is 46.0 Å². The fraction of sp³-hybridized carbons (Fsp3) is 0.621. The Hall–Kier alpha value is -2.35. The van der Waals surface area contributed by atoms with Crippen molar-refractivity contribution in [2.24, 2.45) is 29.6 Å². The molecular formula is C29H37NO6. The molecule has 2 N–H and O–H groups in total. The smallest absolute Gasteiger partial charge is 0.345 e. The van der Waals surface area contributed by atoms with Gasteiger partial charge in [0.25, 0.3) is 0 Å². The van der Waals surface area contributed by atoms with Crippen LogP contribution in [0, 0.1) is 29.6 Å². The van der Waals surface area contributed by atoms with E-state index < -0.39 is 18.7 Å². The van der Waals surface area contributed by atoms with Crippen LogP contribution in [0.15, 0.2) is 59.0 Å². The van der Waals surface area contributed by atoms with Crippen molar-refractivity contribution in [1.29, 1.82) is 0 Å². The van der Waals surface area contributed by atoms with Gasteiger partial charge in [-0.2, -0.15) is 0 Å². The van der Waals surface area contributed by atoms with Crippen molar-refractivity contribution >= 4 is 5.97 Å². The van der Waals surface area contributed by atoms with Gasteiger partial charge in [0.1, 0.15) is 11.3 Å². The van der Waals surface area contributed by atoms with Crippen LogP contribution in [0.3, 0.4) is 0 Å². The van der Waals surface area contributed by atoms with Crippen molar-refractivity contribution in [3.05, 3.63) is 59.0 Å². The highest BCUT2D eigenvalue weighted by molar-refractivity contribution is 5.94. The van der Waals surface area contributed by atoms with E-state index in [4.69, 9.17) is 14.2 Å². The van der Waals surface area contributed by atoms with Crippen LogP contribution < -0.4 is 0 Å². The molecule has 5 heterocycles. The van der Waals surface area contributed by atoms with Gasteiger partial charge in [-0.1, -0.05) is 38.2 Å². The van der Waals surface area contributed by atoms with E-state index in [2.05, 4.69) is 49.1 Å². The zero-order chi connectivity index (χ0) is 25.2. The van der Waals surface area contributed by atoms with Crippen molar-refractivity contribution in [1.82, 2.24) is 4.90 Å². The summed E-state index contributed by atoms with van der Waals surface area (Å²) in [5, 5.41) is 21.4. The van der Waals surface area contributed by atoms with E-state index in [9.17, 15) is 15.0 Å². The molecule has 2 saturated heterocycles. The SMILES string of the molecule is COC1=C(CO)C(=O)OC1=C1OC2=CC3C=CC4(CCCC(C(O)C5C=CCC(C)C5)N4C3)C2C1C. The number of esters is 1. The molecule has 7 nitrogen and oxygen atoms in total. The van der Waals surface area contributed by atoms with E-state index in [-0.39, 0.29) is 52.3 Å². The largest absolute Gasteiger partial charge is 0.492 e. The predicted molar refractivity (Wildman–Crippen MR) is 133 cm³/mol. The van der Waals surface area contributed by atoms with Crippen molar-refractivity contribution in [2.45, 2.75) is 63.6 Å². The molecule has 7 aliphatic rings. The molecule has 2 fully saturated rings. The monoisotopic (exact) mass is 495 g/mol. The number of carbonyl (C=O) groups is 1.